The first-order valence-electron chi connectivity index (χ1n) is 5.46. The standard InChI is InChI=1S/C10H15N5O4/c1-5(14-10(11)19)8(16)15-7(9(17)18)2-6-3-12-4-13-6/h3-5,7H,2H2,1H3,(H,12,13)(H,15,16)(H,17,18)(H3,11,14,19). The fourth-order valence-electron chi connectivity index (χ4n) is 1.39. The molecule has 0 aliphatic carbocycles. The number of primary amides is 1. The number of hydrogen-bond donors (Lipinski definition) is 5. The molecule has 0 saturated carbocycles. The molecular formula is C10H15N5O4. The van der Waals surface area contributed by atoms with E-state index in [1.807, 2.05) is 0 Å². The molecule has 0 radical (unpaired) electrons. The largest absolute Gasteiger partial charge is 0.480 e. The van der Waals surface area contributed by atoms with E-state index in [0.29, 0.717) is 5.69 Å². The van der Waals surface area contributed by atoms with Crippen LogP contribution in [0.2, 0.25) is 0 Å². The van der Waals surface area contributed by atoms with Crippen LogP contribution in [0.4, 0.5) is 4.79 Å². The minimum absolute atomic E-state index is 0.0599. The number of carbonyl (C=O) groups is 3. The number of imidazole rings is 1. The fourth-order valence-corrected chi connectivity index (χ4v) is 1.39. The van der Waals surface area contributed by atoms with Crippen LogP contribution >= 0.6 is 0 Å². The van der Waals surface area contributed by atoms with Crippen molar-refractivity contribution in [3.8, 4) is 0 Å². The second kappa shape index (κ2) is 6.38. The molecular weight excluding hydrogens is 254 g/mol. The molecule has 0 aromatic carbocycles. The van der Waals surface area contributed by atoms with Crippen LogP contribution in [-0.4, -0.2) is 45.1 Å². The summed E-state index contributed by atoms with van der Waals surface area (Å²) in [6.45, 7) is 1.40. The van der Waals surface area contributed by atoms with Gasteiger partial charge in [0.25, 0.3) is 0 Å². The zero-order valence-corrected chi connectivity index (χ0v) is 10.2. The van der Waals surface area contributed by atoms with Crippen LogP contribution in [0, 0.1) is 0 Å². The van der Waals surface area contributed by atoms with Gasteiger partial charge in [-0.1, -0.05) is 0 Å². The molecule has 9 heteroatoms. The van der Waals surface area contributed by atoms with Crippen molar-refractivity contribution in [2.75, 3.05) is 0 Å². The van der Waals surface area contributed by atoms with Gasteiger partial charge in [0.2, 0.25) is 5.91 Å². The maximum absolute atomic E-state index is 11.7. The van der Waals surface area contributed by atoms with Crippen molar-refractivity contribution in [1.82, 2.24) is 20.6 Å². The highest BCUT2D eigenvalue weighted by molar-refractivity contribution is 5.89. The Morgan fingerprint density at radius 3 is 2.63 bits per heavy atom. The molecule has 0 aliphatic heterocycles. The number of nitrogens with two attached hydrogens (primary N) is 1. The lowest BCUT2D eigenvalue weighted by molar-refractivity contribution is -0.142. The zero-order chi connectivity index (χ0) is 14.4. The molecule has 9 nitrogen and oxygen atoms in total. The van der Waals surface area contributed by atoms with Crippen LogP contribution in [-0.2, 0) is 16.0 Å². The van der Waals surface area contributed by atoms with Gasteiger partial charge in [-0.05, 0) is 6.92 Å². The van der Waals surface area contributed by atoms with Crippen molar-refractivity contribution in [2.45, 2.75) is 25.4 Å². The number of nitrogens with zero attached hydrogens (tertiary/aromatic N) is 1. The number of hydrogen-bond acceptors (Lipinski definition) is 4. The van der Waals surface area contributed by atoms with Crippen molar-refractivity contribution >= 4 is 17.9 Å². The van der Waals surface area contributed by atoms with Crippen LogP contribution < -0.4 is 16.4 Å². The topological polar surface area (TPSA) is 150 Å². The summed E-state index contributed by atoms with van der Waals surface area (Å²) >= 11 is 0. The average molecular weight is 269 g/mol. The molecule has 3 amide bonds. The predicted molar refractivity (Wildman–Crippen MR) is 64.0 cm³/mol. The third-order valence-electron chi connectivity index (χ3n) is 2.35. The first-order chi connectivity index (χ1) is 8.90. The Hall–Kier alpha value is -2.58. The Bertz CT molecular complexity index is 458. The summed E-state index contributed by atoms with van der Waals surface area (Å²) in [6, 6.07) is -2.89. The molecule has 1 aromatic rings. The third kappa shape index (κ3) is 4.66. The summed E-state index contributed by atoms with van der Waals surface area (Å²) in [4.78, 5) is 39.8. The van der Waals surface area contributed by atoms with Gasteiger partial charge in [-0.2, -0.15) is 0 Å². The molecule has 1 heterocycles. The summed E-state index contributed by atoms with van der Waals surface area (Å²) < 4.78 is 0. The average Bonchev–Trinajstić information content (AvgIpc) is 2.79. The van der Waals surface area contributed by atoms with E-state index >= 15 is 0 Å². The molecule has 2 unspecified atom stereocenters. The van der Waals surface area contributed by atoms with Crippen LogP contribution in [0.1, 0.15) is 12.6 Å². The molecule has 0 saturated heterocycles. The predicted octanol–water partition coefficient (Wildman–Crippen LogP) is -1.42. The number of aromatic nitrogens is 2. The number of amides is 3. The van der Waals surface area contributed by atoms with Crippen LogP contribution in [0.15, 0.2) is 12.5 Å². The Morgan fingerprint density at radius 2 is 2.16 bits per heavy atom. The van der Waals surface area contributed by atoms with Gasteiger partial charge in [-0.3, -0.25) is 4.79 Å². The first-order valence-corrected chi connectivity index (χ1v) is 5.46. The van der Waals surface area contributed by atoms with Gasteiger partial charge >= 0.3 is 12.0 Å². The highest BCUT2D eigenvalue weighted by atomic mass is 16.4. The van der Waals surface area contributed by atoms with Gasteiger partial charge < -0.3 is 26.5 Å². The minimum Gasteiger partial charge on any atom is -0.480 e. The van der Waals surface area contributed by atoms with Crippen molar-refractivity contribution in [3.63, 3.8) is 0 Å². The van der Waals surface area contributed by atoms with E-state index < -0.39 is 30.0 Å². The molecule has 104 valence electrons. The summed E-state index contributed by atoms with van der Waals surface area (Å²) in [5.74, 6) is -1.82. The van der Waals surface area contributed by atoms with Gasteiger partial charge in [0.1, 0.15) is 12.1 Å². The molecule has 0 aliphatic rings. The quantitative estimate of drug-likeness (QED) is 0.429. The number of nitrogens with one attached hydrogen (secondary N) is 3. The maximum atomic E-state index is 11.7. The zero-order valence-electron chi connectivity index (χ0n) is 10.2. The normalized spacial score (nSPS) is 13.3. The Balaban J connectivity index is 2.61. The first kappa shape index (κ1) is 14.5. The minimum atomic E-state index is -1.19. The molecule has 19 heavy (non-hydrogen) atoms. The van der Waals surface area contributed by atoms with Crippen molar-refractivity contribution in [2.24, 2.45) is 5.73 Å². The van der Waals surface area contributed by atoms with E-state index in [1.54, 1.807) is 0 Å². The van der Waals surface area contributed by atoms with E-state index in [1.165, 1.54) is 19.4 Å². The number of aliphatic carboxylic acids is 1. The van der Waals surface area contributed by atoms with Crippen LogP contribution in [0.25, 0.3) is 0 Å². The fraction of sp³-hybridized carbons (Fsp3) is 0.400. The van der Waals surface area contributed by atoms with E-state index in [2.05, 4.69) is 20.6 Å². The van der Waals surface area contributed by atoms with Gasteiger partial charge in [0, 0.05) is 18.3 Å². The Kier molecular flexibility index (Phi) is 4.86. The lowest BCUT2D eigenvalue weighted by atomic mass is 10.1. The monoisotopic (exact) mass is 269 g/mol. The van der Waals surface area contributed by atoms with E-state index in [9.17, 15) is 14.4 Å². The third-order valence-corrected chi connectivity index (χ3v) is 2.35. The number of urea groups is 1. The van der Waals surface area contributed by atoms with Crippen molar-refractivity contribution in [3.05, 3.63) is 18.2 Å². The molecule has 1 rings (SSSR count). The molecule has 6 N–H and O–H groups in total. The van der Waals surface area contributed by atoms with Gasteiger partial charge in [0.15, 0.2) is 0 Å². The maximum Gasteiger partial charge on any atom is 0.326 e. The lowest BCUT2D eigenvalue weighted by Gasteiger charge is -2.17. The summed E-state index contributed by atoms with van der Waals surface area (Å²) in [5, 5.41) is 13.5. The number of carboxylic acids is 1. The van der Waals surface area contributed by atoms with Crippen molar-refractivity contribution in [1.29, 1.82) is 0 Å². The molecule has 0 fully saturated rings. The highest BCUT2D eigenvalue weighted by Crippen LogP contribution is 1.99. The Labute approximate surface area is 108 Å². The number of rotatable bonds is 6. The van der Waals surface area contributed by atoms with Gasteiger partial charge in [-0.25, -0.2) is 14.6 Å². The number of H-pyrrole nitrogens is 1. The molecule has 1 aromatic heterocycles. The summed E-state index contributed by atoms with van der Waals surface area (Å²) in [5.41, 5.74) is 5.44. The lowest BCUT2D eigenvalue weighted by Crippen LogP contribution is -2.52. The number of aromatic amines is 1. The molecule has 0 bridgehead atoms. The van der Waals surface area contributed by atoms with Crippen LogP contribution in [0.5, 0.6) is 0 Å². The van der Waals surface area contributed by atoms with Gasteiger partial charge in [0.05, 0.1) is 6.33 Å². The van der Waals surface area contributed by atoms with E-state index in [4.69, 9.17) is 10.8 Å². The summed E-state index contributed by atoms with van der Waals surface area (Å²) in [6.07, 6.45) is 2.94. The van der Waals surface area contributed by atoms with E-state index in [0.717, 1.165) is 0 Å². The highest BCUT2D eigenvalue weighted by Gasteiger charge is 2.24. The Morgan fingerprint density at radius 1 is 1.47 bits per heavy atom. The van der Waals surface area contributed by atoms with Crippen LogP contribution in [0.3, 0.4) is 0 Å². The van der Waals surface area contributed by atoms with Crippen molar-refractivity contribution < 1.29 is 19.5 Å². The van der Waals surface area contributed by atoms with E-state index in [-0.39, 0.29) is 6.42 Å². The molecule has 0 spiro atoms. The SMILES string of the molecule is CC(NC(N)=O)C(=O)NC(Cc1cnc[nH]1)C(=O)O. The van der Waals surface area contributed by atoms with Gasteiger partial charge in [-0.15, -0.1) is 0 Å². The molecule has 2 atom stereocenters. The second-order valence-corrected chi connectivity index (χ2v) is 3.91. The number of carbonyl (C=O) groups excluding carboxylic acids is 2. The smallest absolute Gasteiger partial charge is 0.326 e. The number of carboxylic acid groups (broad SMARTS) is 1. The summed E-state index contributed by atoms with van der Waals surface area (Å²) in [7, 11) is 0. The second-order valence-electron chi connectivity index (χ2n) is 3.91.